The van der Waals surface area contributed by atoms with Gasteiger partial charge < -0.3 is 15.0 Å². The van der Waals surface area contributed by atoms with E-state index in [9.17, 15) is 9.59 Å². The summed E-state index contributed by atoms with van der Waals surface area (Å²) in [5, 5.41) is 5.20. The average molecular weight is 431 g/mol. The monoisotopic (exact) mass is 430 g/mol. The normalized spacial score (nSPS) is 15.3. The molecule has 0 unspecified atom stereocenters. The largest absolute Gasteiger partial charge is 0.490 e. The zero-order chi connectivity index (χ0) is 22.9. The first-order chi connectivity index (χ1) is 15.2. The Morgan fingerprint density at radius 2 is 1.84 bits per heavy atom. The average Bonchev–Trinajstić information content (AvgIpc) is 2.84. The second-order valence-corrected chi connectivity index (χ2v) is 9.53. The molecule has 1 N–H and O–H groups in total. The molecule has 5 nitrogen and oxygen atoms in total. The molecule has 0 atom stereocenters. The van der Waals surface area contributed by atoms with E-state index in [4.69, 9.17) is 4.74 Å². The number of nitrogens with zero attached hydrogens (tertiary/aromatic N) is 1. The third-order valence-electron chi connectivity index (χ3n) is 5.72. The maximum absolute atomic E-state index is 13.2. The van der Waals surface area contributed by atoms with Gasteiger partial charge in [0.2, 0.25) is 11.8 Å². The van der Waals surface area contributed by atoms with Crippen molar-refractivity contribution in [1.82, 2.24) is 0 Å². The first-order valence-corrected chi connectivity index (χ1v) is 11.1. The molecule has 5 heteroatoms. The van der Waals surface area contributed by atoms with Gasteiger partial charge in [0.15, 0.2) is 0 Å². The number of carbonyl (C=O) groups is 2. The molecule has 1 aliphatic heterocycles. The van der Waals surface area contributed by atoms with Crippen LogP contribution in [0.4, 0.5) is 11.4 Å². The van der Waals surface area contributed by atoms with Gasteiger partial charge in [0.25, 0.3) is 0 Å². The van der Waals surface area contributed by atoms with E-state index in [2.05, 4.69) is 19.2 Å². The second kappa shape index (κ2) is 8.65. The first-order valence-electron chi connectivity index (χ1n) is 11.1. The number of anilines is 2. The highest BCUT2D eigenvalue weighted by atomic mass is 16.5. The van der Waals surface area contributed by atoms with Gasteiger partial charge in [0.1, 0.15) is 12.4 Å². The molecule has 3 aromatic rings. The number of benzene rings is 3. The van der Waals surface area contributed by atoms with Crippen molar-refractivity contribution >= 4 is 34.0 Å². The van der Waals surface area contributed by atoms with Gasteiger partial charge in [-0.1, -0.05) is 56.3 Å². The summed E-state index contributed by atoms with van der Waals surface area (Å²) in [6, 6.07) is 19.6. The van der Waals surface area contributed by atoms with Crippen LogP contribution in [0.25, 0.3) is 10.8 Å². The Bertz CT molecular complexity index is 1160. The van der Waals surface area contributed by atoms with Gasteiger partial charge in [-0.2, -0.15) is 0 Å². The molecular formula is C27H30N2O3. The quantitative estimate of drug-likeness (QED) is 0.587. The van der Waals surface area contributed by atoms with Gasteiger partial charge in [-0.3, -0.25) is 9.59 Å². The molecule has 32 heavy (non-hydrogen) atoms. The fourth-order valence-electron chi connectivity index (χ4n) is 4.09. The van der Waals surface area contributed by atoms with Crippen LogP contribution in [-0.2, 0) is 16.0 Å². The third-order valence-corrected chi connectivity index (χ3v) is 5.72. The van der Waals surface area contributed by atoms with E-state index in [1.54, 1.807) is 4.90 Å². The molecule has 1 heterocycles. The van der Waals surface area contributed by atoms with Crippen LogP contribution in [0.3, 0.4) is 0 Å². The van der Waals surface area contributed by atoms with E-state index in [-0.39, 0.29) is 18.2 Å². The Morgan fingerprint density at radius 3 is 2.62 bits per heavy atom. The van der Waals surface area contributed by atoms with E-state index in [1.165, 1.54) is 0 Å². The summed E-state index contributed by atoms with van der Waals surface area (Å²) in [4.78, 5) is 27.9. The maximum atomic E-state index is 13.2. The maximum Gasteiger partial charge on any atom is 0.236 e. The molecule has 0 saturated carbocycles. The standard InChI is InChI=1S/C27H30N2O3/c1-18(2)16-29-23-15-21(12-13-24(23)32-17-27(3,4)26(29)31)28-25(30)14-20-10-7-9-19-8-5-6-11-22(19)20/h5-13,15,18H,14,16-17H2,1-4H3,(H,28,30). The van der Waals surface area contributed by atoms with Gasteiger partial charge in [-0.15, -0.1) is 0 Å². The number of hydrogen-bond acceptors (Lipinski definition) is 3. The fourth-order valence-corrected chi connectivity index (χ4v) is 4.09. The highest BCUT2D eigenvalue weighted by Crippen LogP contribution is 2.38. The minimum atomic E-state index is -0.619. The van der Waals surface area contributed by atoms with Crippen LogP contribution in [0, 0.1) is 11.3 Å². The Hall–Kier alpha value is -3.34. The van der Waals surface area contributed by atoms with Gasteiger partial charge in [0.05, 0.1) is 17.5 Å². The number of nitrogens with one attached hydrogen (secondary N) is 1. The summed E-state index contributed by atoms with van der Waals surface area (Å²) in [6.07, 6.45) is 0.274. The van der Waals surface area contributed by atoms with Crippen molar-refractivity contribution in [1.29, 1.82) is 0 Å². The Labute approximate surface area is 189 Å². The first kappa shape index (κ1) is 21.9. The smallest absolute Gasteiger partial charge is 0.236 e. The summed E-state index contributed by atoms with van der Waals surface area (Å²) >= 11 is 0. The van der Waals surface area contributed by atoms with Crippen LogP contribution >= 0.6 is 0 Å². The second-order valence-electron chi connectivity index (χ2n) is 9.53. The van der Waals surface area contributed by atoms with Crippen LogP contribution in [0.1, 0.15) is 33.3 Å². The van der Waals surface area contributed by atoms with Crippen LogP contribution in [0.15, 0.2) is 60.7 Å². The molecular weight excluding hydrogens is 400 g/mol. The minimum Gasteiger partial charge on any atom is -0.490 e. The van der Waals surface area contributed by atoms with Gasteiger partial charge in [-0.05, 0) is 54.3 Å². The number of hydrogen-bond donors (Lipinski definition) is 1. The van der Waals surface area contributed by atoms with Crippen molar-refractivity contribution in [2.45, 2.75) is 34.1 Å². The van der Waals surface area contributed by atoms with E-state index < -0.39 is 5.41 Å². The molecule has 0 aromatic heterocycles. The molecule has 0 spiro atoms. The third kappa shape index (κ3) is 4.47. The molecule has 2 amide bonds. The minimum absolute atomic E-state index is 0.0316. The molecule has 3 aromatic carbocycles. The highest BCUT2D eigenvalue weighted by molar-refractivity contribution is 6.01. The lowest BCUT2D eigenvalue weighted by Gasteiger charge is -2.29. The van der Waals surface area contributed by atoms with Gasteiger partial charge >= 0.3 is 0 Å². The predicted octanol–water partition coefficient (Wildman–Crippen LogP) is 5.43. The summed E-state index contributed by atoms with van der Waals surface area (Å²) in [7, 11) is 0. The SMILES string of the molecule is CC(C)CN1C(=O)C(C)(C)COc2ccc(NC(=O)Cc3cccc4ccccc34)cc21. The molecule has 4 rings (SSSR count). The van der Waals surface area contributed by atoms with Crippen molar-refractivity contribution in [2.24, 2.45) is 11.3 Å². The zero-order valence-electron chi connectivity index (χ0n) is 19.1. The Balaban J connectivity index is 1.59. The molecule has 1 aliphatic rings. The lowest BCUT2D eigenvalue weighted by molar-refractivity contribution is -0.127. The van der Waals surface area contributed by atoms with Crippen molar-refractivity contribution in [3.63, 3.8) is 0 Å². The van der Waals surface area contributed by atoms with E-state index >= 15 is 0 Å². The van der Waals surface area contributed by atoms with Crippen molar-refractivity contribution in [2.75, 3.05) is 23.4 Å². The predicted molar refractivity (Wildman–Crippen MR) is 129 cm³/mol. The molecule has 0 aliphatic carbocycles. The summed E-state index contributed by atoms with van der Waals surface area (Å²) < 4.78 is 5.97. The number of amides is 2. The lowest BCUT2D eigenvalue weighted by Crippen LogP contribution is -2.43. The number of carbonyl (C=O) groups excluding carboxylic acids is 2. The summed E-state index contributed by atoms with van der Waals surface area (Å²) in [5.74, 6) is 0.893. The van der Waals surface area contributed by atoms with Crippen LogP contribution < -0.4 is 15.0 Å². The highest BCUT2D eigenvalue weighted by Gasteiger charge is 2.38. The van der Waals surface area contributed by atoms with Crippen LogP contribution in [0.2, 0.25) is 0 Å². The van der Waals surface area contributed by atoms with E-state index in [0.717, 1.165) is 16.3 Å². The molecule has 0 fully saturated rings. The van der Waals surface area contributed by atoms with Crippen molar-refractivity contribution < 1.29 is 14.3 Å². The van der Waals surface area contributed by atoms with Crippen LogP contribution in [-0.4, -0.2) is 25.0 Å². The number of ether oxygens (including phenoxy) is 1. The summed E-state index contributed by atoms with van der Waals surface area (Å²) in [6.45, 7) is 8.89. The molecule has 0 radical (unpaired) electrons. The molecule has 166 valence electrons. The Kier molecular flexibility index (Phi) is 5.92. The van der Waals surface area contributed by atoms with Gasteiger partial charge in [0, 0.05) is 12.2 Å². The van der Waals surface area contributed by atoms with Crippen LogP contribution in [0.5, 0.6) is 5.75 Å². The van der Waals surface area contributed by atoms with Gasteiger partial charge in [-0.25, -0.2) is 0 Å². The molecule has 0 saturated heterocycles. The van der Waals surface area contributed by atoms with E-state index in [1.807, 2.05) is 74.5 Å². The summed E-state index contributed by atoms with van der Waals surface area (Å²) in [5.41, 5.74) is 1.72. The zero-order valence-corrected chi connectivity index (χ0v) is 19.1. The molecule has 0 bridgehead atoms. The fraction of sp³-hybridized carbons (Fsp3) is 0.333. The van der Waals surface area contributed by atoms with Crippen molar-refractivity contribution in [3.05, 3.63) is 66.2 Å². The van der Waals surface area contributed by atoms with E-state index in [0.29, 0.717) is 36.2 Å². The van der Waals surface area contributed by atoms with Crippen molar-refractivity contribution in [3.8, 4) is 5.75 Å². The number of rotatable bonds is 5. The topological polar surface area (TPSA) is 58.6 Å². The number of fused-ring (bicyclic) bond motifs is 2. The lowest BCUT2D eigenvalue weighted by atomic mass is 9.92. The Morgan fingerprint density at radius 1 is 1.09 bits per heavy atom.